The van der Waals surface area contributed by atoms with Crippen LogP contribution < -0.4 is 5.32 Å². The van der Waals surface area contributed by atoms with Crippen LogP contribution in [0.3, 0.4) is 0 Å². The van der Waals surface area contributed by atoms with Gasteiger partial charge in [-0.1, -0.05) is 18.2 Å². The molecule has 0 spiro atoms. The number of hydrogen-bond acceptors (Lipinski definition) is 2. The van der Waals surface area contributed by atoms with Gasteiger partial charge >= 0.3 is 6.18 Å². The van der Waals surface area contributed by atoms with Gasteiger partial charge in [-0.15, -0.1) is 12.4 Å². The van der Waals surface area contributed by atoms with E-state index in [1.54, 1.807) is 6.07 Å². The molecule has 20 heavy (non-hydrogen) atoms. The zero-order valence-corrected chi connectivity index (χ0v) is 11.9. The molecule has 2 nitrogen and oxygen atoms in total. The van der Waals surface area contributed by atoms with Crippen LogP contribution in [-0.2, 0) is 12.6 Å². The first-order valence-electron chi connectivity index (χ1n) is 6.44. The lowest BCUT2D eigenvalue weighted by Crippen LogP contribution is -2.41. The minimum absolute atomic E-state index is 0. The summed E-state index contributed by atoms with van der Waals surface area (Å²) in [5, 5.41) is 12.8. The van der Waals surface area contributed by atoms with Crippen LogP contribution in [0.1, 0.15) is 24.0 Å². The molecule has 0 aromatic heterocycles. The molecule has 0 saturated carbocycles. The van der Waals surface area contributed by atoms with Crippen molar-refractivity contribution in [3.05, 3.63) is 35.4 Å². The number of alkyl halides is 3. The zero-order valence-electron chi connectivity index (χ0n) is 11.0. The molecule has 114 valence electrons. The van der Waals surface area contributed by atoms with Gasteiger partial charge in [0.15, 0.2) is 0 Å². The van der Waals surface area contributed by atoms with Gasteiger partial charge in [0.05, 0.1) is 5.56 Å². The molecule has 1 aromatic rings. The van der Waals surface area contributed by atoms with E-state index < -0.39 is 17.2 Å². The summed E-state index contributed by atoms with van der Waals surface area (Å²) in [5.74, 6) is 0. The molecule has 1 aromatic carbocycles. The summed E-state index contributed by atoms with van der Waals surface area (Å²) in [7, 11) is 0. The minimum atomic E-state index is -4.33. The van der Waals surface area contributed by atoms with Crippen LogP contribution >= 0.6 is 12.4 Å². The smallest absolute Gasteiger partial charge is 0.396 e. The van der Waals surface area contributed by atoms with Gasteiger partial charge in [0.25, 0.3) is 0 Å². The summed E-state index contributed by atoms with van der Waals surface area (Å²) in [4.78, 5) is 0. The van der Waals surface area contributed by atoms with Gasteiger partial charge in [0.2, 0.25) is 0 Å². The number of piperidine rings is 1. The number of nitrogens with one attached hydrogen (secondary N) is 1. The van der Waals surface area contributed by atoms with Crippen LogP contribution in [0.4, 0.5) is 13.2 Å². The monoisotopic (exact) mass is 309 g/mol. The second-order valence-corrected chi connectivity index (χ2v) is 5.24. The molecule has 1 saturated heterocycles. The molecule has 1 aliphatic rings. The Balaban J connectivity index is 0.00000200. The van der Waals surface area contributed by atoms with E-state index >= 15 is 0 Å². The summed E-state index contributed by atoms with van der Waals surface area (Å²) in [6, 6.07) is 5.65. The topological polar surface area (TPSA) is 32.3 Å². The second-order valence-electron chi connectivity index (χ2n) is 5.24. The van der Waals surface area contributed by atoms with Crippen molar-refractivity contribution >= 4 is 12.4 Å². The van der Waals surface area contributed by atoms with Gasteiger partial charge in [-0.25, -0.2) is 0 Å². The highest BCUT2D eigenvalue weighted by atomic mass is 35.5. The third kappa shape index (κ3) is 3.87. The minimum Gasteiger partial charge on any atom is -0.396 e. The average molecular weight is 310 g/mol. The Labute approximate surface area is 122 Å². The van der Waals surface area contributed by atoms with Crippen molar-refractivity contribution in [2.45, 2.75) is 25.4 Å². The van der Waals surface area contributed by atoms with Crippen molar-refractivity contribution in [3.8, 4) is 0 Å². The van der Waals surface area contributed by atoms with Crippen molar-refractivity contribution in [2.24, 2.45) is 5.41 Å². The van der Waals surface area contributed by atoms with Crippen molar-refractivity contribution in [1.29, 1.82) is 0 Å². The van der Waals surface area contributed by atoms with Crippen molar-refractivity contribution in [3.63, 3.8) is 0 Å². The fourth-order valence-corrected chi connectivity index (χ4v) is 2.70. The molecule has 0 bridgehead atoms. The Morgan fingerprint density at radius 3 is 2.30 bits per heavy atom. The number of halogens is 4. The van der Waals surface area contributed by atoms with Gasteiger partial charge < -0.3 is 10.4 Å². The molecular weight excluding hydrogens is 291 g/mol. The molecule has 1 fully saturated rings. The number of hydrogen-bond donors (Lipinski definition) is 2. The Kier molecular flexibility index (Phi) is 5.86. The fourth-order valence-electron chi connectivity index (χ4n) is 2.70. The van der Waals surface area contributed by atoms with Gasteiger partial charge in [0, 0.05) is 6.61 Å². The highest BCUT2D eigenvalue weighted by Crippen LogP contribution is 2.38. The first-order valence-corrected chi connectivity index (χ1v) is 6.44. The summed E-state index contributed by atoms with van der Waals surface area (Å²) in [5.41, 5.74) is -0.723. The van der Waals surface area contributed by atoms with E-state index in [2.05, 4.69) is 5.32 Å². The largest absolute Gasteiger partial charge is 0.416 e. The SMILES string of the molecule is Cl.OCC1(Cc2ccccc2C(F)(F)F)CCNCC1. The van der Waals surface area contributed by atoms with Crippen molar-refractivity contribution in [2.75, 3.05) is 19.7 Å². The van der Waals surface area contributed by atoms with Gasteiger partial charge in [-0.2, -0.15) is 13.2 Å². The molecule has 6 heteroatoms. The Morgan fingerprint density at radius 1 is 1.15 bits per heavy atom. The number of rotatable bonds is 3. The van der Waals surface area contributed by atoms with E-state index in [1.807, 2.05) is 0 Å². The van der Waals surface area contributed by atoms with Crippen LogP contribution in [0.15, 0.2) is 24.3 Å². The third-order valence-corrected chi connectivity index (χ3v) is 3.89. The predicted octanol–water partition coefficient (Wildman–Crippen LogP) is 3.03. The maximum Gasteiger partial charge on any atom is 0.416 e. The molecule has 0 aliphatic carbocycles. The standard InChI is InChI=1S/C14H18F3NO.ClH/c15-14(16,17)12-4-2-1-3-11(12)9-13(10-19)5-7-18-8-6-13;/h1-4,18-19H,5-10H2;1H. The van der Waals surface area contributed by atoms with Crippen LogP contribution in [0.25, 0.3) is 0 Å². The lowest BCUT2D eigenvalue weighted by molar-refractivity contribution is -0.138. The molecule has 0 amide bonds. The first-order chi connectivity index (χ1) is 8.97. The molecule has 1 heterocycles. The average Bonchev–Trinajstić information content (AvgIpc) is 2.39. The van der Waals surface area contributed by atoms with Crippen molar-refractivity contribution < 1.29 is 18.3 Å². The lowest BCUT2D eigenvalue weighted by atomic mass is 9.74. The quantitative estimate of drug-likeness (QED) is 0.899. The van der Waals surface area contributed by atoms with E-state index in [-0.39, 0.29) is 31.0 Å². The van der Waals surface area contributed by atoms with Gasteiger partial charge in [0.1, 0.15) is 0 Å². The highest BCUT2D eigenvalue weighted by Gasteiger charge is 2.37. The normalized spacial score (nSPS) is 18.4. The van der Waals surface area contributed by atoms with E-state index in [0.717, 1.165) is 19.2 Å². The van der Waals surface area contributed by atoms with E-state index in [0.29, 0.717) is 12.8 Å². The van der Waals surface area contributed by atoms with Gasteiger partial charge in [-0.05, 0) is 49.4 Å². The summed E-state index contributed by atoms with van der Waals surface area (Å²) in [6.07, 6.45) is -2.65. The van der Waals surface area contributed by atoms with E-state index in [1.165, 1.54) is 12.1 Å². The maximum absolute atomic E-state index is 13.0. The van der Waals surface area contributed by atoms with Gasteiger partial charge in [-0.3, -0.25) is 0 Å². The van der Waals surface area contributed by atoms with Crippen LogP contribution in [0.2, 0.25) is 0 Å². The van der Waals surface area contributed by atoms with Crippen LogP contribution in [0.5, 0.6) is 0 Å². The molecule has 0 atom stereocenters. The summed E-state index contributed by atoms with van der Waals surface area (Å²) >= 11 is 0. The number of aliphatic hydroxyl groups is 1. The highest BCUT2D eigenvalue weighted by molar-refractivity contribution is 5.85. The summed E-state index contributed by atoms with van der Waals surface area (Å²) in [6.45, 7) is 1.42. The molecule has 2 N–H and O–H groups in total. The first kappa shape index (κ1) is 17.3. The molecule has 0 unspecified atom stereocenters. The lowest BCUT2D eigenvalue weighted by Gasteiger charge is -2.36. The third-order valence-electron chi connectivity index (χ3n) is 3.89. The van der Waals surface area contributed by atoms with Crippen LogP contribution in [0, 0.1) is 5.41 Å². The number of aliphatic hydroxyl groups excluding tert-OH is 1. The van der Waals surface area contributed by atoms with E-state index in [4.69, 9.17) is 0 Å². The Bertz CT molecular complexity index is 431. The predicted molar refractivity (Wildman–Crippen MR) is 74.0 cm³/mol. The fraction of sp³-hybridized carbons (Fsp3) is 0.571. The molecular formula is C14H19ClF3NO. The second kappa shape index (κ2) is 6.78. The summed E-state index contributed by atoms with van der Waals surface area (Å²) < 4.78 is 38.9. The maximum atomic E-state index is 13.0. The van der Waals surface area contributed by atoms with Crippen LogP contribution in [-0.4, -0.2) is 24.8 Å². The number of benzene rings is 1. The zero-order chi connectivity index (χ0) is 13.9. The molecule has 0 radical (unpaired) electrons. The Hall–Kier alpha value is -0.780. The Morgan fingerprint density at radius 2 is 1.75 bits per heavy atom. The van der Waals surface area contributed by atoms with Crippen molar-refractivity contribution in [1.82, 2.24) is 5.32 Å². The molecule has 1 aliphatic heterocycles. The van der Waals surface area contributed by atoms with E-state index in [9.17, 15) is 18.3 Å². The molecule has 2 rings (SSSR count).